The van der Waals surface area contributed by atoms with Crippen LogP contribution < -0.4 is 5.32 Å². The predicted molar refractivity (Wildman–Crippen MR) is 103 cm³/mol. The fraction of sp³-hybridized carbons (Fsp3) is 0.167. The molecule has 0 radical (unpaired) electrons. The third-order valence-corrected chi connectivity index (χ3v) is 5.26. The number of carbonyl (C=O) groups excluding carboxylic acids is 1. The first-order valence-electron chi connectivity index (χ1n) is 7.56. The summed E-state index contributed by atoms with van der Waals surface area (Å²) in [4.78, 5) is 23.7. The van der Waals surface area contributed by atoms with Crippen LogP contribution >= 0.6 is 24.0 Å². The fourth-order valence-electron chi connectivity index (χ4n) is 2.85. The number of nitrogens with one attached hydrogen (secondary N) is 1. The Kier molecular flexibility index (Phi) is 4.53. The van der Waals surface area contributed by atoms with Crippen molar-refractivity contribution in [2.24, 2.45) is 0 Å². The van der Waals surface area contributed by atoms with Gasteiger partial charge < -0.3 is 15.0 Å². The Balaban J connectivity index is 2.11. The Morgan fingerprint density at radius 1 is 1.28 bits per heavy atom. The molecule has 2 heterocycles. The van der Waals surface area contributed by atoms with E-state index in [1.165, 1.54) is 11.8 Å². The number of hydrogen-bond acceptors (Lipinski definition) is 4. The van der Waals surface area contributed by atoms with Crippen LogP contribution in [0.15, 0.2) is 29.2 Å². The van der Waals surface area contributed by atoms with Gasteiger partial charge in [0.2, 0.25) is 0 Å². The molecular formula is C18H16N2O3S2. The second-order valence-electron chi connectivity index (χ2n) is 5.82. The summed E-state index contributed by atoms with van der Waals surface area (Å²) in [5.41, 5.74) is 4.82. The molecule has 2 N–H and O–H groups in total. The smallest absolute Gasteiger partial charge is 0.335 e. The summed E-state index contributed by atoms with van der Waals surface area (Å²) < 4.78 is 2.46. The molecule has 25 heavy (non-hydrogen) atoms. The molecule has 2 aromatic rings. The highest BCUT2D eigenvalue weighted by Crippen LogP contribution is 2.30. The average Bonchev–Trinajstić information content (AvgIpc) is 2.99. The molecule has 3 rings (SSSR count). The number of aromatic nitrogens is 1. The lowest BCUT2D eigenvalue weighted by molar-refractivity contribution is -0.115. The molecule has 5 nitrogen and oxygen atoms in total. The van der Waals surface area contributed by atoms with Gasteiger partial charge in [0.25, 0.3) is 5.91 Å². The average molecular weight is 372 g/mol. The molecule has 1 aliphatic rings. The van der Waals surface area contributed by atoms with Gasteiger partial charge in [-0.3, -0.25) is 4.79 Å². The highest BCUT2D eigenvalue weighted by Gasteiger charge is 2.23. The lowest BCUT2D eigenvalue weighted by Gasteiger charge is -2.13. The topological polar surface area (TPSA) is 71.3 Å². The van der Waals surface area contributed by atoms with E-state index in [2.05, 4.69) is 5.32 Å². The van der Waals surface area contributed by atoms with Gasteiger partial charge in [0.05, 0.1) is 10.5 Å². The molecular weight excluding hydrogens is 356 g/mol. The van der Waals surface area contributed by atoms with Gasteiger partial charge in [-0.2, -0.15) is 0 Å². The van der Waals surface area contributed by atoms with Crippen LogP contribution in [0.3, 0.4) is 0 Å². The molecule has 0 unspecified atom stereocenters. The number of rotatable bonds is 3. The second kappa shape index (κ2) is 6.50. The van der Waals surface area contributed by atoms with E-state index in [-0.39, 0.29) is 11.5 Å². The molecule has 0 bridgehead atoms. The minimum absolute atomic E-state index is 0.191. The largest absolute Gasteiger partial charge is 0.478 e. The van der Waals surface area contributed by atoms with E-state index in [4.69, 9.17) is 12.2 Å². The highest BCUT2D eigenvalue weighted by atomic mass is 32.2. The zero-order valence-corrected chi connectivity index (χ0v) is 15.5. The Bertz CT molecular complexity index is 957. The zero-order valence-electron chi connectivity index (χ0n) is 13.9. The monoisotopic (exact) mass is 372 g/mol. The zero-order chi connectivity index (χ0) is 18.3. The van der Waals surface area contributed by atoms with Crippen molar-refractivity contribution < 1.29 is 14.7 Å². The number of benzene rings is 1. The number of aromatic carboxylic acids is 1. The first kappa shape index (κ1) is 17.4. The molecule has 1 fully saturated rings. The Morgan fingerprint density at radius 3 is 2.60 bits per heavy atom. The molecule has 0 atom stereocenters. The molecule has 1 aromatic heterocycles. The van der Waals surface area contributed by atoms with Crippen LogP contribution in [0.4, 0.5) is 0 Å². The maximum Gasteiger partial charge on any atom is 0.335 e. The summed E-state index contributed by atoms with van der Waals surface area (Å²) in [6, 6.07) is 7.04. The molecule has 0 spiro atoms. The summed E-state index contributed by atoms with van der Waals surface area (Å²) >= 11 is 6.26. The number of thiocarbonyl (C=S) groups is 1. The molecule has 1 aromatic carbocycles. The third-order valence-electron chi connectivity index (χ3n) is 4.10. The molecule has 7 heteroatoms. The molecule has 1 saturated heterocycles. The predicted octanol–water partition coefficient (Wildman–Crippen LogP) is 3.59. The van der Waals surface area contributed by atoms with Crippen LogP contribution in [0.5, 0.6) is 0 Å². The van der Waals surface area contributed by atoms with E-state index in [1.54, 1.807) is 18.2 Å². The number of carboxylic acids is 1. The van der Waals surface area contributed by atoms with Gasteiger partial charge in [-0.25, -0.2) is 4.79 Å². The quantitative estimate of drug-likeness (QED) is 0.636. The molecule has 0 aliphatic carbocycles. The number of hydrogen-bond donors (Lipinski definition) is 2. The summed E-state index contributed by atoms with van der Waals surface area (Å²) in [5, 5.41) is 11.9. The van der Waals surface area contributed by atoms with Gasteiger partial charge >= 0.3 is 5.97 Å². The van der Waals surface area contributed by atoms with Crippen molar-refractivity contribution in [1.82, 2.24) is 9.88 Å². The first-order chi connectivity index (χ1) is 11.8. The van der Waals surface area contributed by atoms with Gasteiger partial charge in [-0.15, -0.1) is 0 Å². The van der Waals surface area contributed by atoms with Gasteiger partial charge in [-0.05, 0) is 56.2 Å². The normalized spacial score (nSPS) is 15.7. The van der Waals surface area contributed by atoms with Crippen molar-refractivity contribution in [3.63, 3.8) is 0 Å². The fourth-order valence-corrected chi connectivity index (χ4v) is 3.89. The number of aryl methyl sites for hydroxylation is 2. The second-order valence-corrected chi connectivity index (χ2v) is 7.54. The highest BCUT2D eigenvalue weighted by molar-refractivity contribution is 8.26. The van der Waals surface area contributed by atoms with E-state index in [9.17, 15) is 14.7 Å². The van der Waals surface area contributed by atoms with Gasteiger partial charge in [0.15, 0.2) is 0 Å². The van der Waals surface area contributed by atoms with Crippen molar-refractivity contribution in [3.8, 4) is 5.69 Å². The van der Waals surface area contributed by atoms with Gasteiger partial charge in [-0.1, -0.05) is 30.0 Å². The van der Waals surface area contributed by atoms with Crippen LogP contribution in [-0.2, 0) is 4.79 Å². The van der Waals surface area contributed by atoms with Crippen LogP contribution in [0, 0.1) is 20.8 Å². The van der Waals surface area contributed by atoms with Crippen LogP contribution in [0.1, 0.15) is 32.9 Å². The van der Waals surface area contributed by atoms with Gasteiger partial charge in [0.1, 0.15) is 4.32 Å². The molecule has 0 saturated carbocycles. The van der Waals surface area contributed by atoms with E-state index < -0.39 is 5.97 Å². The van der Waals surface area contributed by atoms with Crippen LogP contribution in [0.25, 0.3) is 11.8 Å². The van der Waals surface area contributed by atoms with Crippen molar-refractivity contribution >= 4 is 46.3 Å². The number of carboxylic acid groups (broad SMARTS) is 1. The van der Waals surface area contributed by atoms with Crippen molar-refractivity contribution in [1.29, 1.82) is 0 Å². The summed E-state index contributed by atoms with van der Waals surface area (Å²) in [6.45, 7) is 5.84. The number of amides is 1. The Labute approximate surface area is 154 Å². The Hall–Kier alpha value is -2.38. The molecule has 1 amide bonds. The van der Waals surface area contributed by atoms with Crippen molar-refractivity contribution in [2.75, 3.05) is 0 Å². The minimum Gasteiger partial charge on any atom is -0.478 e. The van der Waals surface area contributed by atoms with E-state index in [1.807, 2.05) is 37.5 Å². The van der Waals surface area contributed by atoms with Crippen LogP contribution in [0.2, 0.25) is 0 Å². The third kappa shape index (κ3) is 3.25. The van der Waals surface area contributed by atoms with Crippen molar-refractivity contribution in [2.45, 2.75) is 20.8 Å². The molecule has 128 valence electrons. The summed E-state index contributed by atoms with van der Waals surface area (Å²) in [5.74, 6) is -1.15. The standard InChI is InChI=1S/C18H16N2O3S2/c1-9-4-5-12(17(22)23)7-14(9)20-10(2)6-13(11(20)3)8-15-16(21)19-18(24)25-15/h4-8H,1-3H3,(H,22,23)(H,19,21,24)/b15-8-. The van der Waals surface area contributed by atoms with E-state index in [0.29, 0.717) is 9.23 Å². The first-order valence-corrected chi connectivity index (χ1v) is 8.78. The lowest BCUT2D eigenvalue weighted by Crippen LogP contribution is -2.17. The number of nitrogens with zero attached hydrogens (tertiary/aromatic N) is 1. The van der Waals surface area contributed by atoms with Crippen molar-refractivity contribution in [3.05, 3.63) is 57.2 Å². The summed E-state index contributed by atoms with van der Waals surface area (Å²) in [7, 11) is 0. The van der Waals surface area contributed by atoms with Crippen LogP contribution in [-0.4, -0.2) is 25.9 Å². The van der Waals surface area contributed by atoms with Gasteiger partial charge in [0, 0.05) is 17.1 Å². The molecule has 1 aliphatic heterocycles. The van der Waals surface area contributed by atoms with E-state index in [0.717, 1.165) is 28.2 Å². The Morgan fingerprint density at radius 2 is 2.00 bits per heavy atom. The van der Waals surface area contributed by atoms with E-state index >= 15 is 0 Å². The number of thioether (sulfide) groups is 1. The SMILES string of the molecule is Cc1ccc(C(=O)O)cc1-n1c(C)cc(/C=C2\SC(=S)NC2=O)c1C. The minimum atomic E-state index is -0.960. The lowest BCUT2D eigenvalue weighted by atomic mass is 10.1. The number of carbonyl (C=O) groups is 2. The maximum atomic E-state index is 11.9. The maximum absolute atomic E-state index is 11.9. The summed E-state index contributed by atoms with van der Waals surface area (Å²) in [6.07, 6.45) is 1.81.